The first kappa shape index (κ1) is 15.2. The summed E-state index contributed by atoms with van der Waals surface area (Å²) in [6.07, 6.45) is 1.16. The molecule has 0 aliphatic carbocycles. The fourth-order valence-corrected chi connectivity index (χ4v) is 2.35. The molecule has 1 rings (SSSR count). The van der Waals surface area contributed by atoms with Crippen molar-refractivity contribution in [1.29, 1.82) is 0 Å². The SMILES string of the molecule is CN(C)C(=O)CCCNc1c(Cl)cc(F)cc1Br. The number of halogens is 3. The van der Waals surface area contributed by atoms with E-state index in [1.54, 1.807) is 19.0 Å². The second-order valence-electron chi connectivity index (χ2n) is 4.06. The van der Waals surface area contributed by atoms with Crippen molar-refractivity contribution in [2.45, 2.75) is 12.8 Å². The Morgan fingerprint density at radius 2 is 2.17 bits per heavy atom. The number of hydrogen-bond acceptors (Lipinski definition) is 2. The zero-order valence-electron chi connectivity index (χ0n) is 10.3. The van der Waals surface area contributed by atoms with Crippen molar-refractivity contribution in [1.82, 2.24) is 4.90 Å². The number of carbonyl (C=O) groups excluding carboxylic acids is 1. The topological polar surface area (TPSA) is 32.3 Å². The van der Waals surface area contributed by atoms with E-state index in [0.717, 1.165) is 0 Å². The average molecular weight is 338 g/mol. The summed E-state index contributed by atoms with van der Waals surface area (Å²) in [5, 5.41) is 3.41. The second-order valence-corrected chi connectivity index (χ2v) is 5.32. The van der Waals surface area contributed by atoms with Gasteiger partial charge >= 0.3 is 0 Å². The Kier molecular flexibility index (Phi) is 5.88. The molecular weight excluding hydrogens is 322 g/mol. The van der Waals surface area contributed by atoms with Gasteiger partial charge in [0.15, 0.2) is 0 Å². The van der Waals surface area contributed by atoms with Crippen LogP contribution in [0.3, 0.4) is 0 Å². The zero-order chi connectivity index (χ0) is 13.7. The van der Waals surface area contributed by atoms with Crippen molar-refractivity contribution in [2.75, 3.05) is 26.0 Å². The van der Waals surface area contributed by atoms with E-state index < -0.39 is 0 Å². The molecule has 0 spiro atoms. The highest BCUT2D eigenvalue weighted by atomic mass is 79.9. The predicted molar refractivity (Wildman–Crippen MR) is 75.5 cm³/mol. The van der Waals surface area contributed by atoms with Crippen LogP contribution in [0, 0.1) is 5.82 Å². The lowest BCUT2D eigenvalue weighted by Crippen LogP contribution is -2.22. The van der Waals surface area contributed by atoms with Crippen LogP contribution in [0.15, 0.2) is 16.6 Å². The monoisotopic (exact) mass is 336 g/mol. The van der Waals surface area contributed by atoms with E-state index in [0.29, 0.717) is 34.6 Å². The van der Waals surface area contributed by atoms with Crippen LogP contribution in [0.2, 0.25) is 5.02 Å². The Morgan fingerprint density at radius 3 is 2.72 bits per heavy atom. The van der Waals surface area contributed by atoms with Gasteiger partial charge in [-0.05, 0) is 34.5 Å². The Labute approximate surface area is 119 Å². The highest BCUT2D eigenvalue weighted by Gasteiger charge is 2.08. The lowest BCUT2D eigenvalue weighted by atomic mass is 10.2. The molecule has 0 radical (unpaired) electrons. The molecule has 0 fully saturated rings. The van der Waals surface area contributed by atoms with Gasteiger partial charge in [-0.3, -0.25) is 4.79 Å². The van der Waals surface area contributed by atoms with Crippen molar-refractivity contribution in [3.05, 3.63) is 27.4 Å². The maximum absolute atomic E-state index is 13.0. The van der Waals surface area contributed by atoms with E-state index in [1.807, 2.05) is 0 Å². The third kappa shape index (κ3) is 4.46. The zero-order valence-corrected chi connectivity index (χ0v) is 12.6. The van der Waals surface area contributed by atoms with Gasteiger partial charge in [0.2, 0.25) is 5.91 Å². The summed E-state index contributed by atoms with van der Waals surface area (Å²) in [6, 6.07) is 2.60. The molecule has 0 bridgehead atoms. The summed E-state index contributed by atoms with van der Waals surface area (Å²) in [7, 11) is 3.45. The number of amides is 1. The predicted octanol–water partition coefficient (Wildman–Crippen LogP) is 3.52. The summed E-state index contributed by atoms with van der Waals surface area (Å²) < 4.78 is 13.6. The van der Waals surface area contributed by atoms with Gasteiger partial charge in [0.1, 0.15) is 5.82 Å². The Bertz CT molecular complexity index is 417. The second kappa shape index (κ2) is 6.95. The minimum Gasteiger partial charge on any atom is -0.383 e. The molecule has 0 unspecified atom stereocenters. The van der Waals surface area contributed by atoms with Gasteiger partial charge in [-0.25, -0.2) is 4.39 Å². The number of nitrogens with one attached hydrogen (secondary N) is 1. The highest BCUT2D eigenvalue weighted by Crippen LogP contribution is 2.31. The maximum Gasteiger partial charge on any atom is 0.222 e. The molecule has 18 heavy (non-hydrogen) atoms. The molecule has 0 aliphatic rings. The van der Waals surface area contributed by atoms with Crippen LogP contribution in [0.5, 0.6) is 0 Å². The average Bonchev–Trinajstić information content (AvgIpc) is 2.26. The fraction of sp³-hybridized carbons (Fsp3) is 0.417. The standard InChI is InChI=1S/C12H15BrClFN2O/c1-17(2)11(18)4-3-5-16-12-9(13)6-8(15)7-10(12)14/h6-7,16H,3-5H2,1-2H3. The van der Waals surface area contributed by atoms with Gasteiger partial charge in [0, 0.05) is 31.5 Å². The molecule has 0 atom stereocenters. The van der Waals surface area contributed by atoms with Crippen molar-refractivity contribution in [2.24, 2.45) is 0 Å². The van der Waals surface area contributed by atoms with Crippen LogP contribution in [-0.4, -0.2) is 31.4 Å². The first-order chi connectivity index (χ1) is 8.41. The van der Waals surface area contributed by atoms with Crippen molar-refractivity contribution < 1.29 is 9.18 Å². The lowest BCUT2D eigenvalue weighted by molar-refractivity contribution is -0.128. The molecule has 0 aliphatic heterocycles. The van der Waals surface area contributed by atoms with E-state index in [-0.39, 0.29) is 11.7 Å². The molecule has 6 heteroatoms. The van der Waals surface area contributed by atoms with Crippen LogP contribution in [-0.2, 0) is 4.79 Å². The van der Waals surface area contributed by atoms with Crippen molar-refractivity contribution in [3.63, 3.8) is 0 Å². The van der Waals surface area contributed by atoms with Gasteiger partial charge in [0.25, 0.3) is 0 Å². The Balaban J connectivity index is 2.47. The number of anilines is 1. The van der Waals surface area contributed by atoms with Crippen molar-refractivity contribution in [3.8, 4) is 0 Å². The summed E-state index contributed by atoms with van der Waals surface area (Å²) in [5.74, 6) is -0.304. The first-order valence-electron chi connectivity index (χ1n) is 5.50. The Morgan fingerprint density at radius 1 is 1.50 bits per heavy atom. The van der Waals surface area contributed by atoms with Gasteiger partial charge < -0.3 is 10.2 Å². The normalized spacial score (nSPS) is 10.3. The smallest absolute Gasteiger partial charge is 0.222 e. The number of benzene rings is 1. The largest absolute Gasteiger partial charge is 0.383 e. The molecule has 1 aromatic carbocycles. The minimum atomic E-state index is -0.389. The molecular formula is C12H15BrClFN2O. The summed E-state index contributed by atoms with van der Waals surface area (Å²) >= 11 is 9.16. The van der Waals surface area contributed by atoms with E-state index in [1.165, 1.54) is 12.1 Å². The maximum atomic E-state index is 13.0. The number of nitrogens with zero attached hydrogens (tertiary/aromatic N) is 1. The van der Waals surface area contributed by atoms with Crippen LogP contribution in [0.25, 0.3) is 0 Å². The van der Waals surface area contributed by atoms with E-state index >= 15 is 0 Å². The van der Waals surface area contributed by atoms with Gasteiger partial charge in [-0.15, -0.1) is 0 Å². The molecule has 0 saturated heterocycles. The molecule has 0 saturated carbocycles. The number of rotatable bonds is 5. The van der Waals surface area contributed by atoms with Gasteiger partial charge in [0.05, 0.1) is 10.7 Å². The molecule has 1 aromatic rings. The number of hydrogen-bond donors (Lipinski definition) is 1. The van der Waals surface area contributed by atoms with Crippen LogP contribution in [0.1, 0.15) is 12.8 Å². The fourth-order valence-electron chi connectivity index (χ4n) is 1.39. The van der Waals surface area contributed by atoms with E-state index in [9.17, 15) is 9.18 Å². The summed E-state index contributed by atoms with van der Waals surface area (Å²) in [4.78, 5) is 12.9. The quantitative estimate of drug-likeness (QED) is 0.834. The number of carbonyl (C=O) groups is 1. The highest BCUT2D eigenvalue weighted by molar-refractivity contribution is 9.10. The van der Waals surface area contributed by atoms with Crippen LogP contribution >= 0.6 is 27.5 Å². The third-order valence-corrected chi connectivity index (χ3v) is 3.30. The van der Waals surface area contributed by atoms with E-state index in [2.05, 4.69) is 21.2 Å². The third-order valence-electron chi connectivity index (χ3n) is 2.37. The molecule has 1 N–H and O–H groups in total. The van der Waals surface area contributed by atoms with Crippen molar-refractivity contribution >= 4 is 39.1 Å². The molecule has 1 amide bonds. The first-order valence-corrected chi connectivity index (χ1v) is 6.67. The minimum absolute atomic E-state index is 0.0843. The molecule has 0 aromatic heterocycles. The lowest BCUT2D eigenvalue weighted by Gasteiger charge is -2.12. The molecule has 3 nitrogen and oxygen atoms in total. The summed E-state index contributed by atoms with van der Waals surface area (Å²) in [6.45, 7) is 0.601. The molecule has 0 heterocycles. The van der Waals surface area contributed by atoms with Gasteiger partial charge in [-0.2, -0.15) is 0 Å². The Hall–Kier alpha value is -0.810. The van der Waals surface area contributed by atoms with Crippen LogP contribution < -0.4 is 5.32 Å². The van der Waals surface area contributed by atoms with Crippen LogP contribution in [0.4, 0.5) is 10.1 Å². The summed E-state index contributed by atoms with van der Waals surface area (Å²) in [5.41, 5.74) is 0.648. The molecule has 100 valence electrons. The van der Waals surface area contributed by atoms with Gasteiger partial charge in [-0.1, -0.05) is 11.6 Å². The van der Waals surface area contributed by atoms with E-state index in [4.69, 9.17) is 11.6 Å².